The van der Waals surface area contributed by atoms with Gasteiger partial charge in [-0.25, -0.2) is 8.78 Å². The highest BCUT2D eigenvalue weighted by molar-refractivity contribution is 7.10. The molecule has 0 amide bonds. The van der Waals surface area contributed by atoms with Crippen molar-refractivity contribution < 1.29 is 8.78 Å². The maximum Gasteiger partial charge on any atom is 0.129 e. The lowest BCUT2D eigenvalue weighted by atomic mass is 10.1. The fourth-order valence-corrected chi connectivity index (χ4v) is 2.48. The fourth-order valence-electron chi connectivity index (χ4n) is 1.60. The van der Waals surface area contributed by atoms with E-state index in [9.17, 15) is 8.78 Å². The molecule has 0 radical (unpaired) electrons. The van der Waals surface area contributed by atoms with Gasteiger partial charge in [0.15, 0.2) is 0 Å². The van der Waals surface area contributed by atoms with Gasteiger partial charge in [0.25, 0.3) is 0 Å². The van der Waals surface area contributed by atoms with Gasteiger partial charge in [-0.2, -0.15) is 0 Å². The highest BCUT2D eigenvalue weighted by atomic mass is 32.1. The molecule has 2 rings (SSSR count). The maximum absolute atomic E-state index is 13.3. The molecule has 0 atom stereocenters. The number of rotatable bonds is 3. The second kappa shape index (κ2) is 4.74. The summed E-state index contributed by atoms with van der Waals surface area (Å²) in [6, 6.07) is 5.87. The van der Waals surface area contributed by atoms with Crippen molar-refractivity contribution in [1.29, 1.82) is 0 Å². The first-order chi connectivity index (χ1) is 7.65. The second-order valence-corrected chi connectivity index (χ2v) is 4.82. The number of hydrogen-bond donors (Lipinski definition) is 0. The molecule has 2 aromatic rings. The van der Waals surface area contributed by atoms with E-state index in [2.05, 4.69) is 11.4 Å². The van der Waals surface area contributed by atoms with E-state index in [0.717, 1.165) is 12.5 Å². The number of halogens is 2. The second-order valence-electron chi connectivity index (χ2n) is 3.83. The number of thiophene rings is 1. The quantitative estimate of drug-likeness (QED) is 0.754. The van der Waals surface area contributed by atoms with Gasteiger partial charge in [0.2, 0.25) is 0 Å². The zero-order valence-electron chi connectivity index (χ0n) is 8.97. The van der Waals surface area contributed by atoms with Gasteiger partial charge in [-0.15, -0.1) is 11.3 Å². The van der Waals surface area contributed by atoms with E-state index in [1.165, 1.54) is 22.6 Å². The molecular formula is C13H12F2S. The monoisotopic (exact) mass is 238 g/mol. The van der Waals surface area contributed by atoms with Crippen molar-refractivity contribution in [1.82, 2.24) is 0 Å². The Morgan fingerprint density at radius 2 is 1.94 bits per heavy atom. The lowest BCUT2D eigenvalue weighted by Crippen LogP contribution is -1.94. The Hall–Kier alpha value is -1.22. The molecule has 0 unspecified atom stereocenters. The average molecular weight is 238 g/mol. The number of hydrogen-bond acceptors (Lipinski definition) is 1. The Balaban J connectivity index is 2.04. The predicted molar refractivity (Wildman–Crippen MR) is 62.8 cm³/mol. The van der Waals surface area contributed by atoms with E-state index in [0.29, 0.717) is 12.0 Å². The first kappa shape index (κ1) is 11.3. The zero-order valence-corrected chi connectivity index (χ0v) is 9.78. The van der Waals surface area contributed by atoms with E-state index in [1.807, 2.05) is 6.92 Å². The molecule has 1 aromatic heterocycles. The molecule has 0 N–H and O–H groups in total. The molecule has 0 nitrogen and oxygen atoms in total. The molecule has 0 aliphatic rings. The van der Waals surface area contributed by atoms with E-state index >= 15 is 0 Å². The first-order valence-electron chi connectivity index (χ1n) is 5.13. The molecule has 0 spiro atoms. The van der Waals surface area contributed by atoms with Crippen LogP contribution in [-0.2, 0) is 12.8 Å². The third-order valence-corrected chi connectivity index (χ3v) is 3.56. The van der Waals surface area contributed by atoms with Crippen molar-refractivity contribution in [2.24, 2.45) is 0 Å². The summed E-state index contributed by atoms with van der Waals surface area (Å²) in [5, 5.41) is 2.08. The first-order valence-corrected chi connectivity index (χ1v) is 6.01. The van der Waals surface area contributed by atoms with Gasteiger partial charge in [0.05, 0.1) is 0 Å². The van der Waals surface area contributed by atoms with Crippen LogP contribution in [0.5, 0.6) is 0 Å². The van der Waals surface area contributed by atoms with Crippen molar-refractivity contribution in [3.63, 3.8) is 0 Å². The van der Waals surface area contributed by atoms with Crippen molar-refractivity contribution in [3.8, 4) is 0 Å². The minimum absolute atomic E-state index is 0.451. The lowest BCUT2D eigenvalue weighted by Gasteiger charge is -2.01. The fraction of sp³-hybridized carbons (Fsp3) is 0.231. The molecular weight excluding hydrogens is 226 g/mol. The van der Waals surface area contributed by atoms with Crippen LogP contribution >= 0.6 is 11.3 Å². The van der Waals surface area contributed by atoms with E-state index in [4.69, 9.17) is 0 Å². The highest BCUT2D eigenvalue weighted by Gasteiger charge is 2.04. The number of benzene rings is 1. The highest BCUT2D eigenvalue weighted by Crippen LogP contribution is 2.18. The van der Waals surface area contributed by atoms with Crippen LogP contribution in [0, 0.1) is 18.6 Å². The van der Waals surface area contributed by atoms with E-state index in [-0.39, 0.29) is 0 Å². The molecule has 0 saturated heterocycles. The molecule has 0 bridgehead atoms. The van der Waals surface area contributed by atoms with Gasteiger partial charge >= 0.3 is 0 Å². The van der Waals surface area contributed by atoms with Crippen LogP contribution in [0.4, 0.5) is 8.78 Å². The Bertz CT molecular complexity index is 488. The summed E-state index contributed by atoms with van der Waals surface area (Å²) in [5.41, 5.74) is 1.81. The summed E-state index contributed by atoms with van der Waals surface area (Å²) < 4.78 is 26.0. The van der Waals surface area contributed by atoms with Crippen LogP contribution in [0.3, 0.4) is 0 Å². The summed E-state index contributed by atoms with van der Waals surface area (Å²) in [7, 11) is 0. The standard InChI is InChI=1S/C13H12F2S/c1-9-6-12(16-8-9)5-3-10-2-4-11(14)7-13(10)15/h2,4,6-8H,3,5H2,1H3. The van der Waals surface area contributed by atoms with Gasteiger partial charge in [-0.1, -0.05) is 6.07 Å². The van der Waals surface area contributed by atoms with Crippen molar-refractivity contribution in [2.75, 3.05) is 0 Å². The summed E-state index contributed by atoms with van der Waals surface area (Å²) >= 11 is 1.68. The third kappa shape index (κ3) is 2.67. The van der Waals surface area contributed by atoms with Crippen LogP contribution in [0.1, 0.15) is 16.0 Å². The van der Waals surface area contributed by atoms with Gasteiger partial charge in [0, 0.05) is 10.9 Å². The van der Waals surface area contributed by atoms with Gasteiger partial charge in [0.1, 0.15) is 11.6 Å². The molecule has 0 fully saturated rings. The number of aryl methyl sites for hydroxylation is 3. The Morgan fingerprint density at radius 1 is 1.12 bits per heavy atom. The van der Waals surface area contributed by atoms with Crippen LogP contribution < -0.4 is 0 Å². The van der Waals surface area contributed by atoms with Crippen LogP contribution in [0.15, 0.2) is 29.6 Å². The normalized spacial score (nSPS) is 10.7. The molecule has 0 aliphatic heterocycles. The Morgan fingerprint density at radius 3 is 2.56 bits per heavy atom. The average Bonchev–Trinajstić information content (AvgIpc) is 2.63. The topological polar surface area (TPSA) is 0 Å². The van der Waals surface area contributed by atoms with Crippen LogP contribution in [0.2, 0.25) is 0 Å². The largest absolute Gasteiger partial charge is 0.207 e. The van der Waals surface area contributed by atoms with Crippen molar-refractivity contribution in [2.45, 2.75) is 19.8 Å². The van der Waals surface area contributed by atoms with Gasteiger partial charge < -0.3 is 0 Å². The summed E-state index contributed by atoms with van der Waals surface area (Å²) in [6.45, 7) is 2.04. The van der Waals surface area contributed by atoms with Crippen LogP contribution in [-0.4, -0.2) is 0 Å². The minimum atomic E-state index is -0.520. The smallest absolute Gasteiger partial charge is 0.129 e. The maximum atomic E-state index is 13.3. The van der Waals surface area contributed by atoms with E-state index in [1.54, 1.807) is 11.3 Å². The SMILES string of the molecule is Cc1csc(CCc2ccc(F)cc2F)c1. The molecule has 1 aromatic carbocycles. The lowest BCUT2D eigenvalue weighted by molar-refractivity contribution is 0.571. The van der Waals surface area contributed by atoms with Crippen molar-refractivity contribution >= 4 is 11.3 Å². The van der Waals surface area contributed by atoms with Crippen LogP contribution in [0.25, 0.3) is 0 Å². The third-order valence-electron chi connectivity index (χ3n) is 2.44. The molecule has 0 aliphatic carbocycles. The summed E-state index contributed by atoms with van der Waals surface area (Å²) in [5.74, 6) is -0.971. The molecule has 84 valence electrons. The predicted octanol–water partition coefficient (Wildman–Crippen LogP) is 4.12. The molecule has 3 heteroatoms. The summed E-state index contributed by atoms with van der Waals surface area (Å²) in [4.78, 5) is 1.24. The molecule has 16 heavy (non-hydrogen) atoms. The Kier molecular flexibility index (Phi) is 3.34. The molecule has 1 heterocycles. The zero-order chi connectivity index (χ0) is 11.5. The van der Waals surface area contributed by atoms with Gasteiger partial charge in [-0.05, 0) is 48.4 Å². The Labute approximate surface area is 97.6 Å². The van der Waals surface area contributed by atoms with E-state index < -0.39 is 11.6 Å². The molecule has 0 saturated carbocycles. The minimum Gasteiger partial charge on any atom is -0.207 e. The van der Waals surface area contributed by atoms with Crippen molar-refractivity contribution in [3.05, 3.63) is 57.3 Å². The summed E-state index contributed by atoms with van der Waals surface area (Å²) in [6.07, 6.45) is 1.42. The van der Waals surface area contributed by atoms with Gasteiger partial charge in [-0.3, -0.25) is 0 Å².